The van der Waals surface area contributed by atoms with Gasteiger partial charge in [-0.05, 0) is 43.1 Å². The monoisotopic (exact) mass is 167 g/mol. The lowest BCUT2D eigenvalue weighted by Gasteiger charge is -2.42. The predicted octanol–water partition coefficient (Wildman–Crippen LogP) is 2.56. The first-order chi connectivity index (χ1) is 5.55. The maximum absolute atomic E-state index is 3.71. The molecule has 0 radical (unpaired) electrons. The average Bonchev–Trinajstić information content (AvgIpc) is 2.68. The summed E-state index contributed by atoms with van der Waals surface area (Å²) in [6.45, 7) is 8.35. The molecule has 1 heterocycles. The molecule has 1 N–H and O–H groups in total. The summed E-state index contributed by atoms with van der Waals surface area (Å²) in [5.74, 6) is 0. The summed E-state index contributed by atoms with van der Waals surface area (Å²) in [6, 6.07) is 0.777. The second-order valence-electron chi connectivity index (χ2n) is 5.72. The van der Waals surface area contributed by atoms with E-state index in [0.29, 0.717) is 5.41 Å². The Kier molecular flexibility index (Phi) is 1.76. The fraction of sp³-hybridized carbons (Fsp3) is 1.00. The van der Waals surface area contributed by atoms with E-state index < -0.39 is 0 Å². The van der Waals surface area contributed by atoms with Crippen LogP contribution in [0.2, 0.25) is 0 Å². The molecule has 1 aliphatic carbocycles. The van der Waals surface area contributed by atoms with Crippen LogP contribution in [0.5, 0.6) is 0 Å². The smallest absolute Gasteiger partial charge is 0.0172 e. The molecule has 1 saturated heterocycles. The van der Waals surface area contributed by atoms with E-state index in [1.54, 1.807) is 0 Å². The fourth-order valence-corrected chi connectivity index (χ4v) is 2.97. The summed E-state index contributed by atoms with van der Waals surface area (Å²) >= 11 is 0. The Morgan fingerprint density at radius 2 is 1.83 bits per heavy atom. The molecule has 0 aromatic heterocycles. The van der Waals surface area contributed by atoms with Crippen molar-refractivity contribution in [3.05, 3.63) is 0 Å². The topological polar surface area (TPSA) is 12.0 Å². The van der Waals surface area contributed by atoms with Gasteiger partial charge in [0.2, 0.25) is 0 Å². The summed E-state index contributed by atoms with van der Waals surface area (Å²) in [5.41, 5.74) is 1.17. The average molecular weight is 167 g/mol. The molecule has 1 saturated carbocycles. The van der Waals surface area contributed by atoms with Crippen molar-refractivity contribution in [1.82, 2.24) is 5.32 Å². The number of hydrogen-bond acceptors (Lipinski definition) is 1. The molecule has 2 rings (SSSR count). The van der Waals surface area contributed by atoms with E-state index in [4.69, 9.17) is 0 Å². The van der Waals surface area contributed by atoms with Crippen LogP contribution in [0, 0.1) is 10.8 Å². The summed E-state index contributed by atoms with van der Waals surface area (Å²) < 4.78 is 0. The molecule has 0 amide bonds. The highest BCUT2D eigenvalue weighted by atomic mass is 15.0. The van der Waals surface area contributed by atoms with E-state index >= 15 is 0 Å². The zero-order valence-corrected chi connectivity index (χ0v) is 8.61. The number of rotatable bonds is 0. The molecule has 2 aliphatic rings. The summed E-state index contributed by atoms with van der Waals surface area (Å²) in [4.78, 5) is 0. The Labute approximate surface area is 75.9 Å². The van der Waals surface area contributed by atoms with E-state index in [-0.39, 0.29) is 0 Å². The SMILES string of the molecule is CC(C)(C)C1NCCCC12CC2. The van der Waals surface area contributed by atoms with Crippen LogP contribution < -0.4 is 5.32 Å². The molecule has 1 aliphatic heterocycles. The molecule has 0 aromatic carbocycles. The third-order valence-corrected chi connectivity index (χ3v) is 3.57. The van der Waals surface area contributed by atoms with Crippen LogP contribution in [0.1, 0.15) is 46.5 Å². The van der Waals surface area contributed by atoms with Crippen molar-refractivity contribution < 1.29 is 0 Å². The van der Waals surface area contributed by atoms with Gasteiger partial charge >= 0.3 is 0 Å². The summed E-state index contributed by atoms with van der Waals surface area (Å²) in [7, 11) is 0. The number of hydrogen-bond donors (Lipinski definition) is 1. The van der Waals surface area contributed by atoms with Crippen molar-refractivity contribution >= 4 is 0 Å². The van der Waals surface area contributed by atoms with Crippen molar-refractivity contribution in [2.45, 2.75) is 52.5 Å². The molecule has 1 atom stereocenters. The van der Waals surface area contributed by atoms with Crippen LogP contribution in [-0.4, -0.2) is 12.6 Å². The predicted molar refractivity (Wildman–Crippen MR) is 52.1 cm³/mol. The van der Waals surface area contributed by atoms with E-state index in [2.05, 4.69) is 26.1 Å². The molecule has 1 spiro atoms. The van der Waals surface area contributed by atoms with Gasteiger partial charge in [-0.2, -0.15) is 0 Å². The maximum Gasteiger partial charge on any atom is 0.0172 e. The lowest BCUT2D eigenvalue weighted by atomic mass is 9.73. The Bertz CT molecular complexity index is 174. The van der Waals surface area contributed by atoms with Gasteiger partial charge in [-0.15, -0.1) is 0 Å². The lowest BCUT2D eigenvalue weighted by molar-refractivity contribution is 0.138. The molecule has 1 heteroatoms. The quantitative estimate of drug-likeness (QED) is 0.584. The summed E-state index contributed by atoms with van der Waals surface area (Å²) in [6.07, 6.45) is 5.82. The van der Waals surface area contributed by atoms with Gasteiger partial charge in [-0.1, -0.05) is 20.8 Å². The van der Waals surface area contributed by atoms with Gasteiger partial charge in [0.1, 0.15) is 0 Å². The number of nitrogens with one attached hydrogen (secondary N) is 1. The van der Waals surface area contributed by atoms with Crippen LogP contribution in [-0.2, 0) is 0 Å². The van der Waals surface area contributed by atoms with Crippen LogP contribution in [0.3, 0.4) is 0 Å². The Hall–Kier alpha value is -0.0400. The minimum Gasteiger partial charge on any atom is -0.313 e. The highest BCUT2D eigenvalue weighted by molar-refractivity contribution is 5.08. The Morgan fingerprint density at radius 3 is 2.25 bits per heavy atom. The zero-order chi connectivity index (χ0) is 8.82. The van der Waals surface area contributed by atoms with Gasteiger partial charge in [-0.25, -0.2) is 0 Å². The Morgan fingerprint density at radius 1 is 1.17 bits per heavy atom. The maximum atomic E-state index is 3.71. The van der Waals surface area contributed by atoms with Gasteiger partial charge in [-0.3, -0.25) is 0 Å². The zero-order valence-electron chi connectivity index (χ0n) is 8.61. The standard InChI is InChI=1S/C11H21N/c1-10(2,3)9-11(6-7-11)5-4-8-12-9/h9,12H,4-8H2,1-3H3. The number of piperidine rings is 1. The van der Waals surface area contributed by atoms with Gasteiger partial charge in [0.05, 0.1) is 0 Å². The van der Waals surface area contributed by atoms with E-state index in [0.717, 1.165) is 11.5 Å². The second kappa shape index (κ2) is 2.47. The first-order valence-corrected chi connectivity index (χ1v) is 5.28. The van der Waals surface area contributed by atoms with E-state index in [1.165, 1.54) is 32.2 Å². The highest BCUT2D eigenvalue weighted by Gasteiger charge is 2.53. The molecule has 0 aromatic rings. The minimum absolute atomic E-state index is 0.455. The van der Waals surface area contributed by atoms with Crippen LogP contribution in [0.15, 0.2) is 0 Å². The van der Waals surface area contributed by atoms with Crippen molar-refractivity contribution in [3.63, 3.8) is 0 Å². The van der Waals surface area contributed by atoms with E-state index in [9.17, 15) is 0 Å². The molecule has 1 unspecified atom stereocenters. The van der Waals surface area contributed by atoms with Crippen molar-refractivity contribution in [2.75, 3.05) is 6.54 Å². The van der Waals surface area contributed by atoms with Crippen molar-refractivity contribution in [2.24, 2.45) is 10.8 Å². The van der Waals surface area contributed by atoms with Crippen LogP contribution in [0.25, 0.3) is 0 Å². The molecule has 12 heavy (non-hydrogen) atoms. The molecular weight excluding hydrogens is 146 g/mol. The normalized spacial score (nSPS) is 33.8. The summed E-state index contributed by atoms with van der Waals surface area (Å²) in [5, 5.41) is 3.71. The first kappa shape index (κ1) is 8.55. The third kappa shape index (κ3) is 1.28. The molecule has 70 valence electrons. The van der Waals surface area contributed by atoms with Gasteiger partial charge in [0, 0.05) is 6.04 Å². The molecular formula is C11H21N. The van der Waals surface area contributed by atoms with Crippen LogP contribution in [0.4, 0.5) is 0 Å². The largest absolute Gasteiger partial charge is 0.313 e. The van der Waals surface area contributed by atoms with Crippen molar-refractivity contribution in [1.29, 1.82) is 0 Å². The fourth-order valence-electron chi connectivity index (χ4n) is 2.97. The molecule has 2 fully saturated rings. The molecule has 0 bridgehead atoms. The Balaban J connectivity index is 2.12. The van der Waals surface area contributed by atoms with Gasteiger partial charge < -0.3 is 5.32 Å². The second-order valence-corrected chi connectivity index (χ2v) is 5.72. The van der Waals surface area contributed by atoms with E-state index in [1.807, 2.05) is 0 Å². The van der Waals surface area contributed by atoms with Gasteiger partial charge in [0.25, 0.3) is 0 Å². The first-order valence-electron chi connectivity index (χ1n) is 5.28. The lowest BCUT2D eigenvalue weighted by Crippen LogP contribution is -2.50. The minimum atomic E-state index is 0.455. The van der Waals surface area contributed by atoms with Gasteiger partial charge in [0.15, 0.2) is 0 Å². The highest BCUT2D eigenvalue weighted by Crippen LogP contribution is 2.57. The van der Waals surface area contributed by atoms with Crippen molar-refractivity contribution in [3.8, 4) is 0 Å². The van der Waals surface area contributed by atoms with Crippen LogP contribution >= 0.6 is 0 Å². The third-order valence-electron chi connectivity index (χ3n) is 3.57. The molecule has 1 nitrogen and oxygen atoms in total.